The molecular weight excluding hydrogens is 308 g/mol. The van der Waals surface area contributed by atoms with E-state index in [1.807, 2.05) is 32.0 Å². The Balaban J connectivity index is 1.75. The summed E-state index contributed by atoms with van der Waals surface area (Å²) in [5.41, 5.74) is 2.23. The minimum Gasteiger partial charge on any atom is -0.490 e. The predicted molar refractivity (Wildman–Crippen MR) is 90.2 cm³/mol. The van der Waals surface area contributed by atoms with E-state index in [9.17, 15) is 9.90 Å². The van der Waals surface area contributed by atoms with Gasteiger partial charge in [0.1, 0.15) is 24.0 Å². The second-order valence-electron chi connectivity index (χ2n) is 5.89. The summed E-state index contributed by atoms with van der Waals surface area (Å²) in [6.07, 6.45) is 2.37. The third-order valence-corrected chi connectivity index (χ3v) is 3.95. The van der Waals surface area contributed by atoms with E-state index in [1.165, 1.54) is 9.36 Å². The molecule has 3 aromatic rings. The molecule has 1 atom stereocenters. The van der Waals surface area contributed by atoms with Gasteiger partial charge in [-0.15, -0.1) is 0 Å². The Hall–Kier alpha value is -2.67. The van der Waals surface area contributed by atoms with Crippen LogP contribution >= 0.6 is 0 Å². The first-order valence-corrected chi connectivity index (χ1v) is 7.72. The molecular formula is C17H20N4O3. The Morgan fingerprint density at radius 3 is 2.58 bits per heavy atom. The Bertz CT molecular complexity index is 909. The first-order chi connectivity index (χ1) is 11.5. The second kappa shape index (κ2) is 6.45. The molecule has 1 unspecified atom stereocenters. The van der Waals surface area contributed by atoms with Crippen molar-refractivity contribution in [3.8, 4) is 5.75 Å². The number of para-hydroxylation sites is 1. The normalized spacial score (nSPS) is 12.5. The van der Waals surface area contributed by atoms with Crippen LogP contribution in [0.1, 0.15) is 11.1 Å². The van der Waals surface area contributed by atoms with E-state index in [4.69, 9.17) is 4.74 Å². The zero-order chi connectivity index (χ0) is 17.3. The van der Waals surface area contributed by atoms with E-state index in [-0.39, 0.29) is 18.7 Å². The van der Waals surface area contributed by atoms with Crippen molar-refractivity contribution >= 4 is 10.9 Å². The fourth-order valence-corrected chi connectivity index (χ4v) is 2.68. The summed E-state index contributed by atoms with van der Waals surface area (Å²) in [7, 11) is 1.58. The average molecular weight is 328 g/mol. The van der Waals surface area contributed by atoms with Gasteiger partial charge in [0.15, 0.2) is 0 Å². The van der Waals surface area contributed by atoms with Gasteiger partial charge in [0, 0.05) is 12.4 Å². The first kappa shape index (κ1) is 16.2. The van der Waals surface area contributed by atoms with Crippen LogP contribution in [0, 0.1) is 13.8 Å². The van der Waals surface area contributed by atoms with Crippen molar-refractivity contribution in [1.82, 2.24) is 19.6 Å². The van der Waals surface area contributed by atoms with E-state index < -0.39 is 6.10 Å². The molecule has 24 heavy (non-hydrogen) atoms. The molecule has 0 fully saturated rings. The smallest absolute Gasteiger partial charge is 0.292 e. The Labute approximate surface area is 139 Å². The number of hydrogen-bond donors (Lipinski definition) is 1. The highest BCUT2D eigenvalue weighted by molar-refractivity contribution is 5.76. The molecule has 0 radical (unpaired) electrons. The quantitative estimate of drug-likeness (QED) is 0.761. The van der Waals surface area contributed by atoms with E-state index >= 15 is 0 Å². The van der Waals surface area contributed by atoms with Crippen LogP contribution in [0.15, 0.2) is 35.4 Å². The minimum atomic E-state index is -0.787. The van der Waals surface area contributed by atoms with Crippen LogP contribution < -0.4 is 10.3 Å². The largest absolute Gasteiger partial charge is 0.490 e. The Morgan fingerprint density at radius 1 is 1.21 bits per heavy atom. The lowest BCUT2D eigenvalue weighted by atomic mass is 10.1. The van der Waals surface area contributed by atoms with Crippen LogP contribution in [0.25, 0.3) is 10.9 Å². The topological polar surface area (TPSA) is 82.2 Å². The number of ether oxygens (including phenoxy) is 1. The van der Waals surface area contributed by atoms with Crippen molar-refractivity contribution in [3.63, 3.8) is 0 Å². The molecule has 0 aliphatic rings. The van der Waals surface area contributed by atoms with Gasteiger partial charge in [0.05, 0.1) is 18.9 Å². The maximum Gasteiger partial charge on any atom is 0.292 e. The fourth-order valence-electron chi connectivity index (χ4n) is 2.68. The number of aromatic nitrogens is 4. The van der Waals surface area contributed by atoms with Crippen molar-refractivity contribution in [3.05, 3.63) is 52.1 Å². The second-order valence-corrected chi connectivity index (χ2v) is 5.89. The Kier molecular flexibility index (Phi) is 4.35. The molecule has 3 rings (SSSR count). The summed E-state index contributed by atoms with van der Waals surface area (Å²) in [6, 6.07) is 5.90. The molecule has 7 heteroatoms. The maximum atomic E-state index is 12.2. The third kappa shape index (κ3) is 3.03. The summed E-state index contributed by atoms with van der Waals surface area (Å²) >= 11 is 0. The number of hydrogen-bond acceptors (Lipinski definition) is 5. The third-order valence-electron chi connectivity index (χ3n) is 3.95. The summed E-state index contributed by atoms with van der Waals surface area (Å²) in [5.74, 6) is 0.780. The number of rotatable bonds is 5. The number of aliphatic hydroxyl groups is 1. The first-order valence-electron chi connectivity index (χ1n) is 7.72. The molecule has 1 N–H and O–H groups in total. The van der Waals surface area contributed by atoms with Gasteiger partial charge in [-0.3, -0.25) is 9.48 Å². The lowest BCUT2D eigenvalue weighted by Crippen LogP contribution is -2.27. The zero-order valence-corrected chi connectivity index (χ0v) is 13.9. The van der Waals surface area contributed by atoms with Crippen LogP contribution in [0.5, 0.6) is 5.75 Å². The molecule has 0 spiro atoms. The van der Waals surface area contributed by atoms with Crippen LogP contribution in [0.4, 0.5) is 0 Å². The summed E-state index contributed by atoms with van der Waals surface area (Å²) < 4.78 is 8.51. The van der Waals surface area contributed by atoms with Crippen molar-refractivity contribution in [2.24, 2.45) is 7.05 Å². The fraction of sp³-hybridized carbons (Fsp3) is 0.353. The predicted octanol–water partition coefficient (Wildman–Crippen LogP) is 1.19. The van der Waals surface area contributed by atoms with Crippen LogP contribution in [0.2, 0.25) is 0 Å². The summed E-state index contributed by atoms with van der Waals surface area (Å²) in [6.45, 7) is 4.23. The van der Waals surface area contributed by atoms with Gasteiger partial charge >= 0.3 is 0 Å². The van der Waals surface area contributed by atoms with Crippen molar-refractivity contribution in [1.29, 1.82) is 0 Å². The highest BCUT2D eigenvalue weighted by atomic mass is 16.5. The zero-order valence-electron chi connectivity index (χ0n) is 13.9. The summed E-state index contributed by atoms with van der Waals surface area (Å²) in [5, 5.41) is 19.1. The van der Waals surface area contributed by atoms with Crippen molar-refractivity contribution in [2.75, 3.05) is 6.61 Å². The minimum absolute atomic E-state index is 0.123. The van der Waals surface area contributed by atoms with E-state index in [1.54, 1.807) is 19.4 Å². The van der Waals surface area contributed by atoms with Crippen LogP contribution in [-0.4, -0.2) is 37.4 Å². The van der Waals surface area contributed by atoms with E-state index in [2.05, 4.69) is 10.2 Å². The van der Waals surface area contributed by atoms with Gasteiger partial charge in [0.25, 0.3) is 5.56 Å². The molecule has 0 aliphatic carbocycles. The standard InChI is InChI=1S/C17H20N4O3/c1-11-5-4-6-12(2)16(11)24-10-14(22)9-21-15-13(8-19-21)7-18-20(3)17(15)23/h4-8,14,22H,9-10H2,1-3H3. The number of nitrogens with zero attached hydrogens (tertiary/aromatic N) is 4. The van der Waals surface area contributed by atoms with Gasteiger partial charge < -0.3 is 9.84 Å². The van der Waals surface area contributed by atoms with E-state index in [0.29, 0.717) is 10.9 Å². The molecule has 1 aromatic carbocycles. The molecule has 0 saturated carbocycles. The van der Waals surface area contributed by atoms with Gasteiger partial charge in [-0.25, -0.2) is 4.68 Å². The number of benzene rings is 1. The number of aryl methyl sites for hydroxylation is 3. The molecule has 7 nitrogen and oxygen atoms in total. The Morgan fingerprint density at radius 2 is 1.88 bits per heavy atom. The van der Waals surface area contributed by atoms with Crippen molar-refractivity contribution < 1.29 is 9.84 Å². The number of aliphatic hydroxyl groups excluding tert-OH is 1. The molecule has 0 amide bonds. The monoisotopic (exact) mass is 328 g/mol. The summed E-state index contributed by atoms with van der Waals surface area (Å²) in [4.78, 5) is 12.2. The lowest BCUT2D eigenvalue weighted by molar-refractivity contribution is 0.0898. The van der Waals surface area contributed by atoms with Gasteiger partial charge in [-0.05, 0) is 25.0 Å². The SMILES string of the molecule is Cc1cccc(C)c1OCC(O)Cn1ncc2cnn(C)c(=O)c21. The van der Waals surface area contributed by atoms with E-state index in [0.717, 1.165) is 16.9 Å². The maximum absolute atomic E-state index is 12.2. The molecule has 126 valence electrons. The lowest BCUT2D eigenvalue weighted by Gasteiger charge is -2.16. The molecule has 2 heterocycles. The molecule has 2 aromatic heterocycles. The van der Waals surface area contributed by atoms with Gasteiger partial charge in [-0.1, -0.05) is 18.2 Å². The molecule has 0 bridgehead atoms. The molecule has 0 aliphatic heterocycles. The van der Waals surface area contributed by atoms with Gasteiger partial charge in [0.2, 0.25) is 0 Å². The highest BCUT2D eigenvalue weighted by Crippen LogP contribution is 2.22. The highest BCUT2D eigenvalue weighted by Gasteiger charge is 2.14. The van der Waals surface area contributed by atoms with Crippen LogP contribution in [-0.2, 0) is 13.6 Å². The van der Waals surface area contributed by atoms with Crippen molar-refractivity contribution in [2.45, 2.75) is 26.5 Å². The van der Waals surface area contributed by atoms with Crippen LogP contribution in [0.3, 0.4) is 0 Å². The molecule has 0 saturated heterocycles. The average Bonchev–Trinajstić information content (AvgIpc) is 2.94. The van der Waals surface area contributed by atoms with Gasteiger partial charge in [-0.2, -0.15) is 10.2 Å². The number of fused-ring (bicyclic) bond motifs is 1.